The Morgan fingerprint density at radius 2 is 2.00 bits per heavy atom. The monoisotopic (exact) mass is 330 g/mol. The van der Waals surface area contributed by atoms with E-state index in [4.69, 9.17) is 17.4 Å². The lowest BCUT2D eigenvalue weighted by atomic mass is 10.4. The van der Waals surface area contributed by atoms with Crippen LogP contribution >= 0.6 is 12.2 Å². The van der Waals surface area contributed by atoms with Crippen LogP contribution in [0.3, 0.4) is 0 Å². The molecule has 10 nitrogen and oxygen atoms in total. The second-order valence-electron chi connectivity index (χ2n) is 4.61. The topological polar surface area (TPSA) is 158 Å². The molecule has 1 amide bonds. The predicted octanol–water partition coefficient (Wildman–Crippen LogP) is -1.30. The summed E-state index contributed by atoms with van der Waals surface area (Å²) in [7, 11) is -3.84. The molecule has 3 rings (SSSR count). The molecule has 12 heteroatoms. The normalized spacial score (nSPS) is 19.6. The van der Waals surface area contributed by atoms with Gasteiger partial charge in [0, 0.05) is 13.0 Å². The summed E-state index contributed by atoms with van der Waals surface area (Å²) in [5.74, 6) is -0.528. The summed E-state index contributed by atoms with van der Waals surface area (Å²) in [5, 5.41) is 4.03. The summed E-state index contributed by atoms with van der Waals surface area (Å²) in [4.78, 5) is 36.6. The Morgan fingerprint density at radius 1 is 1.29 bits per heavy atom. The molecular formula is C9H10N6O4S2. The van der Waals surface area contributed by atoms with Gasteiger partial charge in [-0.2, -0.15) is 4.98 Å². The molecule has 3 heterocycles. The van der Waals surface area contributed by atoms with E-state index in [0.717, 1.165) is 4.90 Å². The van der Waals surface area contributed by atoms with E-state index >= 15 is 0 Å². The van der Waals surface area contributed by atoms with Gasteiger partial charge in [-0.15, -0.1) is 0 Å². The number of amides is 1. The molecule has 0 bridgehead atoms. The molecule has 1 aliphatic heterocycles. The predicted molar refractivity (Wildman–Crippen MR) is 75.8 cm³/mol. The maximum Gasteiger partial charge on any atom is 0.278 e. The Balaban J connectivity index is 2.07. The van der Waals surface area contributed by atoms with Gasteiger partial charge in [0.15, 0.2) is 10.4 Å². The molecule has 1 saturated heterocycles. The average molecular weight is 330 g/mol. The Kier molecular flexibility index (Phi) is 2.96. The highest BCUT2D eigenvalue weighted by molar-refractivity contribution is 7.89. The molecule has 0 aromatic carbocycles. The number of fused-ring (bicyclic) bond motifs is 1. The van der Waals surface area contributed by atoms with Crippen LogP contribution in [0.15, 0.2) is 4.79 Å². The molecule has 0 aliphatic carbocycles. The van der Waals surface area contributed by atoms with E-state index in [9.17, 15) is 18.0 Å². The van der Waals surface area contributed by atoms with Gasteiger partial charge in [0.25, 0.3) is 5.56 Å². The van der Waals surface area contributed by atoms with Gasteiger partial charge in [0.1, 0.15) is 10.8 Å². The summed E-state index contributed by atoms with van der Waals surface area (Å²) < 4.78 is 22.9. The van der Waals surface area contributed by atoms with Crippen molar-refractivity contribution in [2.75, 3.05) is 11.4 Å². The number of primary sulfonamides is 1. The van der Waals surface area contributed by atoms with Crippen LogP contribution in [0.25, 0.3) is 11.2 Å². The van der Waals surface area contributed by atoms with E-state index in [1.165, 1.54) is 0 Å². The fourth-order valence-electron chi connectivity index (χ4n) is 2.15. The minimum absolute atomic E-state index is 0.0473. The first-order valence-corrected chi connectivity index (χ1v) is 7.82. The van der Waals surface area contributed by atoms with Crippen molar-refractivity contribution < 1.29 is 13.2 Å². The van der Waals surface area contributed by atoms with E-state index in [1.54, 1.807) is 0 Å². The maximum absolute atomic E-state index is 11.9. The molecule has 2 aromatic heterocycles. The van der Waals surface area contributed by atoms with Crippen LogP contribution in [-0.2, 0) is 14.8 Å². The number of hydrogen-bond donors (Lipinski definition) is 4. The number of H-pyrrole nitrogens is 3. The van der Waals surface area contributed by atoms with Crippen LogP contribution < -0.4 is 15.6 Å². The molecule has 2 aromatic rings. The van der Waals surface area contributed by atoms with Gasteiger partial charge in [0.2, 0.25) is 21.9 Å². The van der Waals surface area contributed by atoms with Crippen molar-refractivity contribution in [3.8, 4) is 0 Å². The van der Waals surface area contributed by atoms with Crippen molar-refractivity contribution in [1.29, 1.82) is 0 Å². The second-order valence-corrected chi connectivity index (χ2v) is 6.86. The molecule has 21 heavy (non-hydrogen) atoms. The third-order valence-corrected chi connectivity index (χ3v) is 4.64. The zero-order valence-electron chi connectivity index (χ0n) is 10.4. The molecule has 5 N–H and O–H groups in total. The van der Waals surface area contributed by atoms with Crippen LogP contribution in [0.4, 0.5) is 5.95 Å². The quantitative estimate of drug-likeness (QED) is 0.501. The van der Waals surface area contributed by atoms with Gasteiger partial charge < -0.3 is 9.97 Å². The molecule has 0 radical (unpaired) electrons. The molecular weight excluding hydrogens is 320 g/mol. The van der Waals surface area contributed by atoms with Gasteiger partial charge in [-0.25, -0.2) is 13.6 Å². The van der Waals surface area contributed by atoms with Gasteiger partial charge in [-0.1, -0.05) is 0 Å². The average Bonchev–Trinajstić information content (AvgIpc) is 2.91. The first-order chi connectivity index (χ1) is 9.75. The number of sulfonamides is 1. The largest absolute Gasteiger partial charge is 0.325 e. The highest BCUT2D eigenvalue weighted by Gasteiger charge is 2.38. The van der Waals surface area contributed by atoms with Crippen molar-refractivity contribution >= 4 is 45.3 Å². The number of anilines is 1. The number of nitrogens with two attached hydrogens (primary N) is 1. The van der Waals surface area contributed by atoms with Crippen LogP contribution in [0.5, 0.6) is 0 Å². The van der Waals surface area contributed by atoms with Gasteiger partial charge in [0.05, 0.1) is 0 Å². The fraction of sp³-hybridized carbons (Fsp3) is 0.333. The van der Waals surface area contributed by atoms with Crippen LogP contribution in [-0.4, -0.2) is 46.1 Å². The number of nitrogens with one attached hydrogen (secondary N) is 3. The highest BCUT2D eigenvalue weighted by atomic mass is 32.2. The molecule has 0 spiro atoms. The van der Waals surface area contributed by atoms with Crippen LogP contribution in [0.2, 0.25) is 0 Å². The summed E-state index contributed by atoms with van der Waals surface area (Å²) in [6.45, 7) is -0.155. The SMILES string of the molecule is NS(=O)(=O)C1CC(=O)N(c2nc3[nH]c(=S)[nH]c3c(=O)[nH]2)C1. The van der Waals surface area contributed by atoms with Crippen LogP contribution in [0.1, 0.15) is 6.42 Å². The smallest absolute Gasteiger partial charge is 0.278 e. The van der Waals surface area contributed by atoms with E-state index < -0.39 is 26.7 Å². The summed E-state index contributed by atoms with van der Waals surface area (Å²) in [6.07, 6.45) is -0.246. The van der Waals surface area contributed by atoms with Gasteiger partial charge in [-0.05, 0) is 12.2 Å². The number of nitrogens with zero attached hydrogens (tertiary/aromatic N) is 2. The number of carbonyl (C=O) groups excluding carboxylic acids is 1. The van der Waals surface area contributed by atoms with E-state index in [1.807, 2.05) is 0 Å². The standard InChI is InChI=1S/C9H10N6O4S2/c10-21(18,19)3-1-4(16)15(2-3)8-12-6-5(7(17)14-8)11-9(20)13-6/h3H,1-2H2,(H2,10,18,19)(H3,11,12,13,14,17,20). The Morgan fingerprint density at radius 3 is 2.62 bits per heavy atom. The lowest BCUT2D eigenvalue weighted by Gasteiger charge is -2.14. The zero-order valence-corrected chi connectivity index (χ0v) is 12.0. The van der Waals surface area contributed by atoms with Crippen molar-refractivity contribution in [1.82, 2.24) is 19.9 Å². The summed E-state index contributed by atoms with van der Waals surface area (Å²) in [6, 6.07) is 0. The number of carbonyl (C=O) groups is 1. The third kappa shape index (κ3) is 2.36. The van der Waals surface area contributed by atoms with Crippen molar-refractivity contribution in [2.24, 2.45) is 5.14 Å². The fourth-order valence-corrected chi connectivity index (χ4v) is 3.08. The number of aromatic nitrogens is 4. The number of rotatable bonds is 2. The molecule has 1 fully saturated rings. The van der Waals surface area contributed by atoms with Gasteiger partial charge in [-0.3, -0.25) is 19.5 Å². The highest BCUT2D eigenvalue weighted by Crippen LogP contribution is 2.21. The van der Waals surface area contributed by atoms with Crippen molar-refractivity contribution in [2.45, 2.75) is 11.7 Å². The van der Waals surface area contributed by atoms with Gasteiger partial charge >= 0.3 is 0 Å². The number of imidazole rings is 1. The number of aromatic amines is 3. The Hall–Kier alpha value is -2.05. The molecule has 1 unspecified atom stereocenters. The first kappa shape index (κ1) is 13.9. The molecule has 1 atom stereocenters. The molecule has 1 aliphatic rings. The zero-order chi connectivity index (χ0) is 15.4. The van der Waals surface area contributed by atoms with E-state index in [2.05, 4.69) is 19.9 Å². The summed E-state index contributed by atoms with van der Waals surface area (Å²) in [5.41, 5.74) is -0.182. The van der Waals surface area contributed by atoms with Crippen molar-refractivity contribution in [3.05, 3.63) is 15.1 Å². The minimum atomic E-state index is -3.84. The molecule has 0 saturated carbocycles. The Labute approximate surface area is 122 Å². The minimum Gasteiger partial charge on any atom is -0.325 e. The maximum atomic E-state index is 11.9. The summed E-state index contributed by atoms with van der Waals surface area (Å²) >= 11 is 4.86. The lowest BCUT2D eigenvalue weighted by Crippen LogP contribution is -2.33. The number of hydrogen-bond acceptors (Lipinski definition) is 6. The second kappa shape index (κ2) is 4.47. The lowest BCUT2D eigenvalue weighted by molar-refractivity contribution is -0.117. The van der Waals surface area contributed by atoms with E-state index in [0.29, 0.717) is 0 Å². The molecule has 112 valence electrons. The third-order valence-electron chi connectivity index (χ3n) is 3.19. The van der Waals surface area contributed by atoms with Crippen LogP contribution in [0, 0.1) is 4.77 Å². The first-order valence-electron chi connectivity index (χ1n) is 5.80. The van der Waals surface area contributed by atoms with Crippen molar-refractivity contribution in [3.63, 3.8) is 0 Å². The van der Waals surface area contributed by atoms with E-state index in [-0.39, 0.29) is 34.8 Å². The Bertz CT molecular complexity index is 955.